The maximum Gasteiger partial charge on any atom is 0.126 e. The molecule has 0 saturated heterocycles. The number of aryl methyl sites for hydroxylation is 1. The van der Waals surface area contributed by atoms with Crippen LogP contribution in [0, 0.1) is 18.3 Å². The maximum absolute atomic E-state index is 4.41. The molecule has 0 aliphatic heterocycles. The number of rotatable bonds is 3. The second-order valence-electron chi connectivity index (χ2n) is 4.93. The van der Waals surface area contributed by atoms with Gasteiger partial charge in [0.2, 0.25) is 0 Å². The van der Waals surface area contributed by atoms with Crippen molar-refractivity contribution < 1.29 is 0 Å². The van der Waals surface area contributed by atoms with E-state index < -0.39 is 0 Å². The van der Waals surface area contributed by atoms with Gasteiger partial charge in [0.25, 0.3) is 0 Å². The van der Waals surface area contributed by atoms with E-state index in [0.29, 0.717) is 5.41 Å². The Hall–Kier alpha value is -1.05. The van der Waals surface area contributed by atoms with Crippen LogP contribution in [0.5, 0.6) is 0 Å². The highest BCUT2D eigenvalue weighted by atomic mass is 15.0. The highest BCUT2D eigenvalue weighted by Crippen LogP contribution is 2.51. The van der Waals surface area contributed by atoms with Crippen molar-refractivity contribution in [3.8, 4) is 0 Å². The second-order valence-corrected chi connectivity index (χ2v) is 4.93. The molecule has 2 heteroatoms. The molecule has 1 aromatic heterocycles. The van der Waals surface area contributed by atoms with Crippen LogP contribution in [0.1, 0.15) is 26.0 Å². The quantitative estimate of drug-likeness (QED) is 0.792. The van der Waals surface area contributed by atoms with E-state index in [1.54, 1.807) is 0 Å². The lowest BCUT2D eigenvalue weighted by atomic mass is 10.1. The molecule has 0 spiro atoms. The smallest absolute Gasteiger partial charge is 0.126 e. The minimum atomic E-state index is 0.552. The largest absolute Gasteiger partial charge is 0.370 e. The van der Waals surface area contributed by atoms with Gasteiger partial charge in [-0.25, -0.2) is 4.98 Å². The molecule has 0 aromatic carbocycles. The summed E-state index contributed by atoms with van der Waals surface area (Å²) in [5.74, 6) is 1.83. The zero-order valence-corrected chi connectivity index (χ0v) is 9.17. The molecule has 1 heterocycles. The summed E-state index contributed by atoms with van der Waals surface area (Å²) in [5, 5.41) is 3.39. The Morgan fingerprint density at radius 2 is 2.21 bits per heavy atom. The van der Waals surface area contributed by atoms with Crippen molar-refractivity contribution in [1.82, 2.24) is 4.98 Å². The van der Waals surface area contributed by atoms with Gasteiger partial charge < -0.3 is 5.32 Å². The van der Waals surface area contributed by atoms with Crippen LogP contribution < -0.4 is 5.32 Å². The second kappa shape index (κ2) is 3.26. The van der Waals surface area contributed by atoms with Gasteiger partial charge in [0.15, 0.2) is 0 Å². The van der Waals surface area contributed by atoms with Crippen LogP contribution in [0.4, 0.5) is 5.82 Å². The first-order chi connectivity index (χ1) is 6.58. The highest BCUT2D eigenvalue weighted by molar-refractivity contribution is 5.35. The predicted molar refractivity (Wildman–Crippen MR) is 59.4 cm³/mol. The fraction of sp³-hybridized carbons (Fsp3) is 0.583. The SMILES string of the molecule is Cc1cccc(NCC2CC2(C)C)n1. The lowest BCUT2D eigenvalue weighted by Gasteiger charge is -2.07. The minimum absolute atomic E-state index is 0.552. The summed E-state index contributed by atoms with van der Waals surface area (Å²) in [6.07, 6.45) is 1.34. The average Bonchev–Trinajstić information content (AvgIpc) is 2.71. The summed E-state index contributed by atoms with van der Waals surface area (Å²) in [6, 6.07) is 6.09. The van der Waals surface area contributed by atoms with E-state index in [2.05, 4.69) is 24.1 Å². The Morgan fingerprint density at radius 3 is 2.79 bits per heavy atom. The predicted octanol–water partition coefficient (Wildman–Crippen LogP) is 2.85. The number of aromatic nitrogens is 1. The summed E-state index contributed by atoms with van der Waals surface area (Å²) in [4.78, 5) is 4.41. The zero-order chi connectivity index (χ0) is 10.2. The first-order valence-corrected chi connectivity index (χ1v) is 5.25. The zero-order valence-electron chi connectivity index (χ0n) is 9.17. The molecule has 0 radical (unpaired) electrons. The van der Waals surface area contributed by atoms with E-state index in [0.717, 1.165) is 24.0 Å². The fourth-order valence-electron chi connectivity index (χ4n) is 1.79. The molecule has 1 aromatic rings. The van der Waals surface area contributed by atoms with E-state index in [1.165, 1.54) is 6.42 Å². The topological polar surface area (TPSA) is 24.9 Å². The Kier molecular flexibility index (Phi) is 2.22. The molecular weight excluding hydrogens is 172 g/mol. The molecule has 1 saturated carbocycles. The van der Waals surface area contributed by atoms with Crippen molar-refractivity contribution in [2.45, 2.75) is 27.2 Å². The van der Waals surface area contributed by atoms with Crippen LogP contribution in [0.25, 0.3) is 0 Å². The van der Waals surface area contributed by atoms with Gasteiger partial charge in [0, 0.05) is 12.2 Å². The monoisotopic (exact) mass is 190 g/mol. The van der Waals surface area contributed by atoms with Crippen LogP contribution in [0.2, 0.25) is 0 Å². The molecule has 0 bridgehead atoms. The lowest BCUT2D eigenvalue weighted by molar-refractivity contribution is 0.573. The van der Waals surface area contributed by atoms with Crippen molar-refractivity contribution in [2.75, 3.05) is 11.9 Å². The Bertz CT molecular complexity index is 331. The average molecular weight is 190 g/mol. The molecule has 2 nitrogen and oxygen atoms in total. The first-order valence-electron chi connectivity index (χ1n) is 5.25. The van der Waals surface area contributed by atoms with Gasteiger partial charge in [-0.3, -0.25) is 0 Å². The molecule has 2 rings (SSSR count). The standard InChI is InChI=1S/C12H18N2/c1-9-5-4-6-11(14-9)13-8-10-7-12(10,2)3/h4-6,10H,7-8H2,1-3H3,(H,13,14). The first kappa shape index (κ1) is 9.50. The fourth-order valence-corrected chi connectivity index (χ4v) is 1.79. The van der Waals surface area contributed by atoms with E-state index in [-0.39, 0.29) is 0 Å². The van der Waals surface area contributed by atoms with Crippen molar-refractivity contribution in [2.24, 2.45) is 11.3 Å². The Morgan fingerprint density at radius 1 is 1.50 bits per heavy atom. The number of hydrogen-bond acceptors (Lipinski definition) is 2. The normalized spacial score (nSPS) is 23.2. The van der Waals surface area contributed by atoms with Gasteiger partial charge >= 0.3 is 0 Å². The third-order valence-corrected chi connectivity index (χ3v) is 3.14. The number of pyridine rings is 1. The van der Waals surface area contributed by atoms with E-state index in [1.807, 2.05) is 25.1 Å². The van der Waals surface area contributed by atoms with E-state index in [9.17, 15) is 0 Å². The molecule has 14 heavy (non-hydrogen) atoms. The summed E-state index contributed by atoms with van der Waals surface area (Å²) in [5.41, 5.74) is 1.63. The molecule has 1 aliphatic rings. The van der Waals surface area contributed by atoms with Crippen molar-refractivity contribution in [3.63, 3.8) is 0 Å². The lowest BCUT2D eigenvalue weighted by Crippen LogP contribution is -2.08. The number of nitrogens with zero attached hydrogens (tertiary/aromatic N) is 1. The number of anilines is 1. The summed E-state index contributed by atoms with van der Waals surface area (Å²) >= 11 is 0. The Balaban J connectivity index is 1.87. The summed E-state index contributed by atoms with van der Waals surface area (Å²) in [7, 11) is 0. The molecule has 76 valence electrons. The highest BCUT2D eigenvalue weighted by Gasteiger charge is 2.44. The van der Waals surface area contributed by atoms with E-state index >= 15 is 0 Å². The van der Waals surface area contributed by atoms with Gasteiger partial charge in [0.1, 0.15) is 5.82 Å². The molecular formula is C12H18N2. The molecule has 1 fully saturated rings. The third kappa shape index (κ3) is 2.06. The molecule has 1 atom stereocenters. The minimum Gasteiger partial charge on any atom is -0.370 e. The van der Waals surface area contributed by atoms with Crippen molar-refractivity contribution in [3.05, 3.63) is 23.9 Å². The summed E-state index contributed by atoms with van der Waals surface area (Å²) < 4.78 is 0. The molecule has 1 N–H and O–H groups in total. The van der Waals surface area contributed by atoms with Gasteiger partial charge in [-0.1, -0.05) is 19.9 Å². The molecule has 0 amide bonds. The van der Waals surface area contributed by atoms with Gasteiger partial charge in [0.05, 0.1) is 0 Å². The Labute approximate surface area is 85.7 Å². The van der Waals surface area contributed by atoms with E-state index in [4.69, 9.17) is 0 Å². The molecule has 1 unspecified atom stereocenters. The molecule has 1 aliphatic carbocycles. The van der Waals surface area contributed by atoms with Crippen molar-refractivity contribution >= 4 is 5.82 Å². The van der Waals surface area contributed by atoms with Gasteiger partial charge in [-0.15, -0.1) is 0 Å². The van der Waals surface area contributed by atoms with Crippen LogP contribution in [0.15, 0.2) is 18.2 Å². The van der Waals surface area contributed by atoms with Gasteiger partial charge in [-0.2, -0.15) is 0 Å². The van der Waals surface area contributed by atoms with Crippen LogP contribution in [-0.2, 0) is 0 Å². The maximum atomic E-state index is 4.41. The van der Waals surface area contributed by atoms with Crippen LogP contribution in [0.3, 0.4) is 0 Å². The number of nitrogens with one attached hydrogen (secondary N) is 1. The van der Waals surface area contributed by atoms with Crippen LogP contribution in [-0.4, -0.2) is 11.5 Å². The third-order valence-electron chi connectivity index (χ3n) is 3.14. The summed E-state index contributed by atoms with van der Waals surface area (Å²) in [6.45, 7) is 7.72. The van der Waals surface area contributed by atoms with Gasteiger partial charge in [-0.05, 0) is 36.8 Å². The number of hydrogen-bond donors (Lipinski definition) is 1. The van der Waals surface area contributed by atoms with Crippen LogP contribution >= 0.6 is 0 Å². The van der Waals surface area contributed by atoms with Crippen molar-refractivity contribution in [1.29, 1.82) is 0 Å².